The van der Waals surface area contributed by atoms with E-state index in [1.165, 1.54) is 64.2 Å². The van der Waals surface area contributed by atoms with Crippen LogP contribution in [0.15, 0.2) is 0 Å². The Kier molecular flexibility index (Phi) is 6.31. The molecule has 0 amide bonds. The highest BCUT2D eigenvalue weighted by Crippen LogP contribution is 2.40. The van der Waals surface area contributed by atoms with Crippen molar-refractivity contribution in [3.63, 3.8) is 0 Å². The number of rotatable bonds is 8. The standard InChI is InChI=1S/C17H35N3/c1-3-20(4-2)17(13-7-8-14-17)16(19-18)12-11-15-9-5-6-10-15/h15-16,19H,3-14,18H2,1-2H3. The first kappa shape index (κ1) is 16.3. The van der Waals surface area contributed by atoms with E-state index in [-0.39, 0.29) is 0 Å². The van der Waals surface area contributed by atoms with Crippen molar-refractivity contribution in [1.29, 1.82) is 0 Å². The van der Waals surface area contributed by atoms with Gasteiger partial charge in [-0.2, -0.15) is 0 Å². The molecule has 118 valence electrons. The summed E-state index contributed by atoms with van der Waals surface area (Å²) in [6.07, 6.45) is 13.8. The van der Waals surface area contributed by atoms with Crippen molar-refractivity contribution in [2.75, 3.05) is 13.1 Å². The summed E-state index contributed by atoms with van der Waals surface area (Å²) in [5.41, 5.74) is 3.55. The van der Waals surface area contributed by atoms with Crippen molar-refractivity contribution in [2.45, 2.75) is 89.6 Å². The molecule has 0 aromatic heterocycles. The fourth-order valence-electron chi connectivity index (χ4n) is 4.93. The predicted octanol–water partition coefficient (Wildman–Crippen LogP) is 3.44. The molecule has 2 aliphatic carbocycles. The van der Waals surface area contributed by atoms with Crippen LogP contribution in [-0.2, 0) is 0 Å². The van der Waals surface area contributed by atoms with E-state index in [0.717, 1.165) is 19.0 Å². The molecule has 0 aromatic rings. The Bertz CT molecular complexity index is 263. The molecular formula is C17H35N3. The summed E-state index contributed by atoms with van der Waals surface area (Å²) in [4.78, 5) is 2.68. The highest BCUT2D eigenvalue weighted by Gasteiger charge is 2.44. The smallest absolute Gasteiger partial charge is 0.0394 e. The maximum absolute atomic E-state index is 5.99. The highest BCUT2D eigenvalue weighted by molar-refractivity contribution is 5.02. The number of hydrogen-bond donors (Lipinski definition) is 2. The molecule has 3 heteroatoms. The van der Waals surface area contributed by atoms with E-state index in [9.17, 15) is 0 Å². The van der Waals surface area contributed by atoms with E-state index in [1.807, 2.05) is 0 Å². The SMILES string of the molecule is CCN(CC)C1(C(CCC2CCCC2)NN)CCCC1. The van der Waals surface area contributed by atoms with Gasteiger partial charge in [0.1, 0.15) is 0 Å². The quantitative estimate of drug-likeness (QED) is 0.529. The summed E-state index contributed by atoms with van der Waals surface area (Å²) >= 11 is 0. The molecule has 0 spiro atoms. The average Bonchev–Trinajstić information content (AvgIpc) is 3.13. The third-order valence-electron chi connectivity index (χ3n) is 6.05. The molecule has 0 radical (unpaired) electrons. The molecule has 0 heterocycles. The third-order valence-corrected chi connectivity index (χ3v) is 6.05. The molecule has 0 aliphatic heterocycles. The van der Waals surface area contributed by atoms with Gasteiger partial charge >= 0.3 is 0 Å². The van der Waals surface area contributed by atoms with Gasteiger partial charge in [-0.25, -0.2) is 0 Å². The molecule has 2 aliphatic rings. The summed E-state index contributed by atoms with van der Waals surface area (Å²) in [6.45, 7) is 6.90. The zero-order chi connectivity index (χ0) is 14.4. The minimum absolute atomic E-state index is 0.330. The van der Waals surface area contributed by atoms with Crippen LogP contribution in [0.5, 0.6) is 0 Å². The van der Waals surface area contributed by atoms with Crippen LogP contribution < -0.4 is 11.3 Å². The predicted molar refractivity (Wildman–Crippen MR) is 86.4 cm³/mol. The van der Waals surface area contributed by atoms with Crippen LogP contribution in [0.3, 0.4) is 0 Å². The zero-order valence-electron chi connectivity index (χ0n) is 13.7. The van der Waals surface area contributed by atoms with Crippen LogP contribution in [0.1, 0.15) is 78.1 Å². The van der Waals surface area contributed by atoms with Crippen molar-refractivity contribution >= 4 is 0 Å². The lowest BCUT2D eigenvalue weighted by Crippen LogP contribution is -2.61. The number of nitrogens with one attached hydrogen (secondary N) is 1. The van der Waals surface area contributed by atoms with Gasteiger partial charge in [0.2, 0.25) is 0 Å². The molecule has 3 N–H and O–H groups in total. The van der Waals surface area contributed by atoms with Crippen molar-refractivity contribution in [1.82, 2.24) is 10.3 Å². The lowest BCUT2D eigenvalue weighted by atomic mass is 9.82. The number of likely N-dealkylation sites (N-methyl/N-ethyl adjacent to an activating group) is 1. The molecule has 1 unspecified atom stereocenters. The first-order chi connectivity index (χ1) is 9.76. The number of hydrazine groups is 1. The Hall–Kier alpha value is -0.120. The van der Waals surface area contributed by atoms with Gasteiger partial charge < -0.3 is 0 Å². The zero-order valence-corrected chi connectivity index (χ0v) is 13.7. The maximum Gasteiger partial charge on any atom is 0.0394 e. The van der Waals surface area contributed by atoms with Crippen LogP contribution in [0, 0.1) is 5.92 Å². The van der Waals surface area contributed by atoms with Gasteiger partial charge in [0.05, 0.1) is 0 Å². The topological polar surface area (TPSA) is 41.3 Å². The van der Waals surface area contributed by atoms with Crippen LogP contribution in [0.2, 0.25) is 0 Å². The summed E-state index contributed by atoms with van der Waals surface area (Å²) in [5, 5.41) is 0. The van der Waals surface area contributed by atoms with Crippen molar-refractivity contribution < 1.29 is 0 Å². The Morgan fingerprint density at radius 1 is 1.10 bits per heavy atom. The first-order valence-electron chi connectivity index (χ1n) is 8.98. The van der Waals surface area contributed by atoms with E-state index in [0.29, 0.717) is 11.6 Å². The molecule has 0 bridgehead atoms. The number of nitrogens with two attached hydrogens (primary N) is 1. The molecule has 1 atom stereocenters. The van der Waals surface area contributed by atoms with Crippen LogP contribution >= 0.6 is 0 Å². The minimum atomic E-state index is 0.330. The van der Waals surface area contributed by atoms with Gasteiger partial charge in [-0.1, -0.05) is 52.4 Å². The highest BCUT2D eigenvalue weighted by atomic mass is 15.3. The lowest BCUT2D eigenvalue weighted by molar-refractivity contribution is 0.0571. The fraction of sp³-hybridized carbons (Fsp3) is 1.00. The Morgan fingerprint density at radius 2 is 1.70 bits per heavy atom. The van der Waals surface area contributed by atoms with E-state index in [2.05, 4.69) is 24.2 Å². The first-order valence-corrected chi connectivity index (χ1v) is 8.98. The largest absolute Gasteiger partial charge is 0.297 e. The Labute approximate surface area is 125 Å². The molecule has 2 rings (SSSR count). The normalized spacial score (nSPS) is 24.6. The van der Waals surface area contributed by atoms with Crippen LogP contribution in [-0.4, -0.2) is 29.6 Å². The summed E-state index contributed by atoms with van der Waals surface area (Å²) in [7, 11) is 0. The van der Waals surface area contributed by atoms with E-state index in [4.69, 9.17) is 5.84 Å². The molecule has 0 saturated heterocycles. The maximum atomic E-state index is 5.99. The second-order valence-corrected chi connectivity index (χ2v) is 6.93. The molecule has 2 saturated carbocycles. The van der Waals surface area contributed by atoms with E-state index in [1.54, 1.807) is 0 Å². The molecular weight excluding hydrogens is 246 g/mol. The summed E-state index contributed by atoms with van der Waals surface area (Å²) in [5.74, 6) is 6.97. The molecule has 0 aromatic carbocycles. The molecule has 20 heavy (non-hydrogen) atoms. The van der Waals surface area contributed by atoms with Gasteiger partial charge in [0, 0.05) is 11.6 Å². The fourth-order valence-corrected chi connectivity index (χ4v) is 4.93. The third kappa shape index (κ3) is 3.37. The van der Waals surface area contributed by atoms with Crippen molar-refractivity contribution in [2.24, 2.45) is 11.8 Å². The lowest BCUT2D eigenvalue weighted by Gasteiger charge is -2.46. The van der Waals surface area contributed by atoms with Crippen LogP contribution in [0.4, 0.5) is 0 Å². The van der Waals surface area contributed by atoms with Gasteiger partial charge in [-0.15, -0.1) is 0 Å². The Morgan fingerprint density at radius 3 is 2.20 bits per heavy atom. The minimum Gasteiger partial charge on any atom is -0.297 e. The van der Waals surface area contributed by atoms with Gasteiger partial charge in [0.15, 0.2) is 0 Å². The van der Waals surface area contributed by atoms with Crippen molar-refractivity contribution in [3.05, 3.63) is 0 Å². The number of nitrogens with zero attached hydrogens (tertiary/aromatic N) is 1. The van der Waals surface area contributed by atoms with Gasteiger partial charge in [-0.3, -0.25) is 16.2 Å². The van der Waals surface area contributed by atoms with Crippen LogP contribution in [0.25, 0.3) is 0 Å². The van der Waals surface area contributed by atoms with E-state index < -0.39 is 0 Å². The van der Waals surface area contributed by atoms with Gasteiger partial charge in [0.25, 0.3) is 0 Å². The molecule has 3 nitrogen and oxygen atoms in total. The monoisotopic (exact) mass is 281 g/mol. The van der Waals surface area contributed by atoms with Crippen molar-refractivity contribution in [3.8, 4) is 0 Å². The number of hydrogen-bond acceptors (Lipinski definition) is 3. The average molecular weight is 281 g/mol. The Balaban J connectivity index is 2.00. The summed E-state index contributed by atoms with van der Waals surface area (Å²) in [6, 6.07) is 0.477. The second-order valence-electron chi connectivity index (χ2n) is 6.93. The van der Waals surface area contributed by atoms with E-state index >= 15 is 0 Å². The summed E-state index contributed by atoms with van der Waals surface area (Å²) < 4.78 is 0. The van der Waals surface area contributed by atoms with Gasteiger partial charge in [-0.05, 0) is 44.7 Å². The second kappa shape index (κ2) is 7.77. The molecule has 2 fully saturated rings.